The van der Waals surface area contributed by atoms with Crippen molar-refractivity contribution in [3.8, 4) is 5.75 Å². The van der Waals surface area contributed by atoms with Gasteiger partial charge in [0.15, 0.2) is 0 Å². The number of H-pyrrole nitrogens is 1. The molecule has 3 N–H and O–H groups in total. The monoisotopic (exact) mass is 377 g/mol. The minimum atomic E-state index is -0.394. The number of aryl methyl sites for hydroxylation is 2. The maximum Gasteiger partial charge on any atom is 0.227 e. The Morgan fingerprint density at radius 2 is 2.07 bits per heavy atom. The second-order valence-corrected chi connectivity index (χ2v) is 7.40. The number of carbonyl (C=O) groups excluding carboxylic acids is 2. The first-order valence-electron chi connectivity index (χ1n) is 9.37. The molecule has 1 aliphatic rings. The van der Waals surface area contributed by atoms with Crippen LogP contribution in [0.25, 0.3) is 10.9 Å². The Balaban J connectivity index is 1.42. The second kappa shape index (κ2) is 7.03. The molecule has 6 heteroatoms. The van der Waals surface area contributed by atoms with Crippen molar-refractivity contribution in [1.29, 1.82) is 0 Å². The van der Waals surface area contributed by atoms with Gasteiger partial charge in [0.25, 0.3) is 0 Å². The van der Waals surface area contributed by atoms with E-state index in [9.17, 15) is 14.7 Å². The highest BCUT2D eigenvalue weighted by molar-refractivity contribution is 6.00. The molecule has 2 heterocycles. The molecule has 1 aliphatic heterocycles. The van der Waals surface area contributed by atoms with Gasteiger partial charge in [-0.25, -0.2) is 0 Å². The molecule has 1 fully saturated rings. The normalized spacial score (nSPS) is 16.7. The number of benzene rings is 2. The lowest BCUT2D eigenvalue weighted by Crippen LogP contribution is -2.32. The lowest BCUT2D eigenvalue weighted by atomic mass is 10.1. The average molecular weight is 377 g/mol. The van der Waals surface area contributed by atoms with Gasteiger partial charge in [-0.15, -0.1) is 0 Å². The number of hydrogen-bond donors (Lipinski definition) is 3. The average Bonchev–Trinajstić information content (AvgIpc) is 3.20. The number of anilines is 1. The first-order chi connectivity index (χ1) is 13.4. The topological polar surface area (TPSA) is 85.4 Å². The summed E-state index contributed by atoms with van der Waals surface area (Å²) >= 11 is 0. The third kappa shape index (κ3) is 3.33. The van der Waals surface area contributed by atoms with E-state index in [0.717, 1.165) is 22.2 Å². The van der Waals surface area contributed by atoms with E-state index in [1.54, 1.807) is 23.1 Å². The Hall–Kier alpha value is -3.28. The van der Waals surface area contributed by atoms with E-state index in [4.69, 9.17) is 0 Å². The molecule has 144 valence electrons. The first-order valence-corrected chi connectivity index (χ1v) is 9.37. The largest absolute Gasteiger partial charge is 0.508 e. The van der Waals surface area contributed by atoms with Gasteiger partial charge in [-0.3, -0.25) is 9.59 Å². The lowest BCUT2D eigenvalue weighted by molar-refractivity contribution is -0.126. The summed E-state index contributed by atoms with van der Waals surface area (Å²) in [4.78, 5) is 29.8. The summed E-state index contributed by atoms with van der Waals surface area (Å²) in [6.45, 7) is 4.88. The van der Waals surface area contributed by atoms with Crippen molar-refractivity contribution in [2.24, 2.45) is 5.92 Å². The summed E-state index contributed by atoms with van der Waals surface area (Å²) < 4.78 is 0. The van der Waals surface area contributed by atoms with E-state index in [-0.39, 0.29) is 24.0 Å². The van der Waals surface area contributed by atoms with Crippen LogP contribution in [-0.2, 0) is 16.1 Å². The van der Waals surface area contributed by atoms with Crippen LogP contribution < -0.4 is 10.2 Å². The van der Waals surface area contributed by atoms with Crippen molar-refractivity contribution in [1.82, 2.24) is 10.3 Å². The maximum absolute atomic E-state index is 12.6. The van der Waals surface area contributed by atoms with Crippen LogP contribution in [-0.4, -0.2) is 28.4 Å². The Morgan fingerprint density at radius 3 is 2.86 bits per heavy atom. The minimum absolute atomic E-state index is 0.101. The molecule has 0 radical (unpaired) electrons. The van der Waals surface area contributed by atoms with Crippen molar-refractivity contribution in [2.75, 3.05) is 11.4 Å². The molecule has 3 aromatic rings. The van der Waals surface area contributed by atoms with Crippen LogP contribution in [0.15, 0.2) is 42.5 Å². The Kier molecular flexibility index (Phi) is 4.55. The number of nitrogens with one attached hydrogen (secondary N) is 2. The summed E-state index contributed by atoms with van der Waals surface area (Å²) in [6, 6.07) is 12.7. The highest BCUT2D eigenvalue weighted by Gasteiger charge is 2.35. The van der Waals surface area contributed by atoms with E-state index >= 15 is 0 Å². The molecule has 1 saturated heterocycles. The number of aromatic nitrogens is 1. The lowest BCUT2D eigenvalue weighted by Gasteiger charge is -2.17. The molecule has 0 saturated carbocycles. The van der Waals surface area contributed by atoms with Crippen LogP contribution in [0.2, 0.25) is 0 Å². The zero-order chi connectivity index (χ0) is 19.8. The summed E-state index contributed by atoms with van der Waals surface area (Å²) in [5.74, 6) is -0.526. The molecule has 2 aromatic carbocycles. The zero-order valence-corrected chi connectivity index (χ0v) is 16.0. The fourth-order valence-corrected chi connectivity index (χ4v) is 3.75. The number of carbonyl (C=O) groups is 2. The van der Waals surface area contributed by atoms with Crippen LogP contribution in [0.1, 0.15) is 23.2 Å². The van der Waals surface area contributed by atoms with Gasteiger partial charge in [-0.2, -0.15) is 0 Å². The van der Waals surface area contributed by atoms with E-state index < -0.39 is 5.92 Å². The van der Waals surface area contributed by atoms with Crippen LogP contribution in [0, 0.1) is 19.8 Å². The van der Waals surface area contributed by atoms with Crippen molar-refractivity contribution in [2.45, 2.75) is 26.8 Å². The predicted octanol–water partition coefficient (Wildman–Crippen LogP) is 3.16. The van der Waals surface area contributed by atoms with Crippen molar-refractivity contribution < 1.29 is 14.7 Å². The van der Waals surface area contributed by atoms with Gasteiger partial charge in [-0.1, -0.05) is 12.1 Å². The van der Waals surface area contributed by atoms with Gasteiger partial charge in [0.05, 0.1) is 5.92 Å². The summed E-state index contributed by atoms with van der Waals surface area (Å²) in [5.41, 5.74) is 5.09. The minimum Gasteiger partial charge on any atom is -0.508 e. The first kappa shape index (κ1) is 18.1. The third-order valence-electron chi connectivity index (χ3n) is 5.48. The molecule has 1 atom stereocenters. The molecule has 1 aromatic heterocycles. The highest BCUT2D eigenvalue weighted by Crippen LogP contribution is 2.28. The predicted molar refractivity (Wildman–Crippen MR) is 108 cm³/mol. The quantitative estimate of drug-likeness (QED) is 0.653. The van der Waals surface area contributed by atoms with Crippen LogP contribution >= 0.6 is 0 Å². The van der Waals surface area contributed by atoms with Gasteiger partial charge < -0.3 is 20.3 Å². The standard InChI is InChI=1S/C22H23N3O3/c1-13-14(2)24-20-7-6-15(8-19(13)20)11-23-22(28)16-9-21(27)25(12-16)17-4-3-5-18(26)10-17/h3-8,10,16,24,26H,9,11-12H2,1-2H3,(H,23,28). The van der Waals surface area contributed by atoms with E-state index in [1.165, 1.54) is 11.6 Å². The number of phenols is 1. The third-order valence-corrected chi connectivity index (χ3v) is 5.48. The molecule has 1 unspecified atom stereocenters. The number of hydrogen-bond acceptors (Lipinski definition) is 3. The Bertz CT molecular complexity index is 1070. The van der Waals surface area contributed by atoms with Crippen LogP contribution in [0.3, 0.4) is 0 Å². The smallest absolute Gasteiger partial charge is 0.227 e. The molecule has 28 heavy (non-hydrogen) atoms. The molecule has 0 spiro atoms. The summed E-state index contributed by atoms with van der Waals surface area (Å²) in [7, 11) is 0. The Morgan fingerprint density at radius 1 is 1.25 bits per heavy atom. The van der Waals surface area contributed by atoms with Crippen molar-refractivity contribution in [3.63, 3.8) is 0 Å². The number of aromatic hydroxyl groups is 1. The summed E-state index contributed by atoms with van der Waals surface area (Å²) in [5, 5.41) is 13.7. The summed E-state index contributed by atoms with van der Waals surface area (Å²) in [6.07, 6.45) is 0.177. The van der Waals surface area contributed by atoms with Gasteiger partial charge >= 0.3 is 0 Å². The molecular weight excluding hydrogens is 354 g/mol. The molecule has 2 amide bonds. The number of rotatable bonds is 4. The molecule has 0 aliphatic carbocycles. The van der Waals surface area contributed by atoms with Gasteiger partial charge in [0.1, 0.15) is 5.75 Å². The fraction of sp³-hybridized carbons (Fsp3) is 0.273. The van der Waals surface area contributed by atoms with Gasteiger partial charge in [-0.05, 0) is 49.2 Å². The van der Waals surface area contributed by atoms with E-state index in [2.05, 4.69) is 23.3 Å². The molecule has 6 nitrogen and oxygen atoms in total. The van der Waals surface area contributed by atoms with Gasteiger partial charge in [0.2, 0.25) is 11.8 Å². The Labute approximate surface area is 163 Å². The van der Waals surface area contributed by atoms with E-state index in [0.29, 0.717) is 18.8 Å². The molecular formula is C22H23N3O3. The van der Waals surface area contributed by atoms with Crippen LogP contribution in [0.4, 0.5) is 5.69 Å². The SMILES string of the molecule is Cc1[nH]c2ccc(CNC(=O)C3CC(=O)N(c4cccc(O)c4)C3)cc2c1C. The van der Waals surface area contributed by atoms with Crippen LogP contribution in [0.5, 0.6) is 5.75 Å². The van der Waals surface area contributed by atoms with Crippen molar-refractivity contribution >= 4 is 28.4 Å². The number of amides is 2. The number of nitrogens with zero attached hydrogens (tertiary/aromatic N) is 1. The maximum atomic E-state index is 12.6. The zero-order valence-electron chi connectivity index (χ0n) is 16.0. The van der Waals surface area contributed by atoms with Crippen molar-refractivity contribution in [3.05, 3.63) is 59.3 Å². The highest BCUT2D eigenvalue weighted by atomic mass is 16.3. The molecule has 4 rings (SSSR count). The second-order valence-electron chi connectivity index (χ2n) is 7.40. The number of phenolic OH excluding ortho intramolecular Hbond substituents is 1. The van der Waals surface area contributed by atoms with Gasteiger partial charge in [0, 0.05) is 47.9 Å². The van der Waals surface area contributed by atoms with E-state index in [1.807, 2.05) is 19.1 Å². The number of aromatic amines is 1. The fourth-order valence-electron chi connectivity index (χ4n) is 3.75. The number of fused-ring (bicyclic) bond motifs is 1. The molecule has 0 bridgehead atoms.